The van der Waals surface area contributed by atoms with E-state index in [1.807, 2.05) is 6.07 Å². The molecule has 0 saturated carbocycles. The number of benzene rings is 2. The topological polar surface area (TPSA) is 102 Å². The quantitative estimate of drug-likeness (QED) is 0.459. The van der Waals surface area contributed by atoms with Crippen molar-refractivity contribution in [3.63, 3.8) is 0 Å². The summed E-state index contributed by atoms with van der Waals surface area (Å²) in [5.41, 5.74) is 4.78. The maximum atomic E-state index is 12.4. The Morgan fingerprint density at radius 2 is 1.70 bits per heavy atom. The number of carbonyl (C=O) groups is 2. The molecule has 2 N–H and O–H groups in total. The lowest BCUT2D eigenvalue weighted by atomic mass is 10.1. The molecule has 1 aromatic heterocycles. The molecule has 0 atom stereocenters. The molecule has 0 spiro atoms. The number of furan rings is 1. The fourth-order valence-electron chi connectivity index (χ4n) is 2.66. The fourth-order valence-corrected chi connectivity index (χ4v) is 2.66. The number of hydrogen-bond acceptors (Lipinski definition) is 6. The van der Waals surface area contributed by atoms with Crippen LogP contribution >= 0.6 is 0 Å². The summed E-state index contributed by atoms with van der Waals surface area (Å²) in [6.07, 6.45) is 1.43. The lowest BCUT2D eigenvalue weighted by molar-refractivity contribution is 0.0953. The molecular formula is C22H21N3O5. The molecule has 0 aliphatic carbocycles. The van der Waals surface area contributed by atoms with Crippen LogP contribution in [0, 0.1) is 0 Å². The first-order chi connectivity index (χ1) is 14.5. The van der Waals surface area contributed by atoms with Crippen LogP contribution in [0.1, 0.15) is 33.4 Å². The van der Waals surface area contributed by atoms with Crippen molar-refractivity contribution in [1.82, 2.24) is 5.43 Å². The molecule has 154 valence electrons. The predicted molar refractivity (Wildman–Crippen MR) is 112 cm³/mol. The van der Waals surface area contributed by atoms with Crippen molar-refractivity contribution in [3.05, 3.63) is 77.7 Å². The van der Waals surface area contributed by atoms with E-state index in [0.717, 1.165) is 5.56 Å². The van der Waals surface area contributed by atoms with Crippen molar-refractivity contribution in [1.29, 1.82) is 0 Å². The van der Waals surface area contributed by atoms with Crippen LogP contribution in [0.2, 0.25) is 0 Å². The second-order valence-electron chi connectivity index (χ2n) is 6.22. The van der Waals surface area contributed by atoms with Crippen molar-refractivity contribution in [2.24, 2.45) is 5.10 Å². The molecule has 2 amide bonds. The van der Waals surface area contributed by atoms with Crippen LogP contribution in [-0.4, -0.2) is 31.7 Å². The van der Waals surface area contributed by atoms with Gasteiger partial charge in [0.1, 0.15) is 0 Å². The average Bonchev–Trinajstić information content (AvgIpc) is 3.32. The highest BCUT2D eigenvalue weighted by atomic mass is 16.5. The van der Waals surface area contributed by atoms with Crippen molar-refractivity contribution in [3.8, 4) is 11.5 Å². The highest BCUT2D eigenvalue weighted by Crippen LogP contribution is 2.27. The molecule has 8 heteroatoms. The van der Waals surface area contributed by atoms with Gasteiger partial charge in [0.15, 0.2) is 17.3 Å². The minimum absolute atomic E-state index is 0.216. The van der Waals surface area contributed by atoms with Gasteiger partial charge in [-0.1, -0.05) is 12.1 Å². The van der Waals surface area contributed by atoms with Crippen LogP contribution in [0.3, 0.4) is 0 Å². The number of hydrogen-bond donors (Lipinski definition) is 2. The number of ether oxygens (including phenoxy) is 2. The lowest BCUT2D eigenvalue weighted by Gasteiger charge is -2.09. The van der Waals surface area contributed by atoms with Gasteiger partial charge in [0, 0.05) is 11.3 Å². The number of rotatable bonds is 7. The minimum Gasteiger partial charge on any atom is -0.493 e. The first-order valence-electron chi connectivity index (χ1n) is 9.03. The zero-order chi connectivity index (χ0) is 21.5. The number of amides is 2. The largest absolute Gasteiger partial charge is 0.493 e. The summed E-state index contributed by atoms with van der Waals surface area (Å²) in [4.78, 5) is 24.5. The van der Waals surface area contributed by atoms with Gasteiger partial charge in [-0.15, -0.1) is 0 Å². The smallest absolute Gasteiger partial charge is 0.291 e. The van der Waals surface area contributed by atoms with Gasteiger partial charge in [-0.25, -0.2) is 5.43 Å². The monoisotopic (exact) mass is 407 g/mol. The van der Waals surface area contributed by atoms with E-state index in [1.165, 1.54) is 20.5 Å². The van der Waals surface area contributed by atoms with Gasteiger partial charge >= 0.3 is 0 Å². The fraction of sp³-hybridized carbons (Fsp3) is 0.136. The van der Waals surface area contributed by atoms with Gasteiger partial charge in [-0.3, -0.25) is 9.59 Å². The molecule has 0 bridgehead atoms. The summed E-state index contributed by atoms with van der Waals surface area (Å²) in [5.74, 6) is 0.451. The number of nitrogens with one attached hydrogen (secondary N) is 2. The van der Waals surface area contributed by atoms with E-state index in [-0.39, 0.29) is 11.7 Å². The second kappa shape index (κ2) is 9.42. The van der Waals surface area contributed by atoms with Crippen molar-refractivity contribution in [2.75, 3.05) is 19.5 Å². The van der Waals surface area contributed by atoms with E-state index in [9.17, 15) is 9.59 Å². The Labute approximate surface area is 173 Å². The van der Waals surface area contributed by atoms with Crippen molar-refractivity contribution < 1.29 is 23.5 Å². The first-order valence-corrected chi connectivity index (χ1v) is 9.03. The number of anilines is 1. The van der Waals surface area contributed by atoms with E-state index in [0.29, 0.717) is 28.5 Å². The van der Waals surface area contributed by atoms with Gasteiger partial charge in [-0.2, -0.15) is 5.10 Å². The van der Waals surface area contributed by atoms with E-state index in [4.69, 9.17) is 13.9 Å². The van der Waals surface area contributed by atoms with Crippen LogP contribution in [-0.2, 0) is 0 Å². The third-order valence-corrected chi connectivity index (χ3v) is 4.25. The third-order valence-electron chi connectivity index (χ3n) is 4.25. The molecule has 2 aromatic carbocycles. The summed E-state index contributed by atoms with van der Waals surface area (Å²) in [7, 11) is 3.02. The van der Waals surface area contributed by atoms with E-state index >= 15 is 0 Å². The molecule has 3 aromatic rings. The van der Waals surface area contributed by atoms with Crippen LogP contribution in [0.4, 0.5) is 5.69 Å². The highest BCUT2D eigenvalue weighted by Gasteiger charge is 2.11. The van der Waals surface area contributed by atoms with Crippen LogP contribution in [0.25, 0.3) is 0 Å². The molecule has 1 heterocycles. The Bertz CT molecular complexity index is 1070. The maximum Gasteiger partial charge on any atom is 0.291 e. The Hall–Kier alpha value is -4.07. The number of methoxy groups -OCH3 is 2. The van der Waals surface area contributed by atoms with E-state index in [2.05, 4.69) is 15.8 Å². The number of hydrazone groups is 1. The van der Waals surface area contributed by atoms with Gasteiger partial charge in [-0.05, 0) is 55.0 Å². The van der Waals surface area contributed by atoms with Crippen LogP contribution in [0.5, 0.6) is 11.5 Å². The summed E-state index contributed by atoms with van der Waals surface area (Å²) >= 11 is 0. The maximum absolute atomic E-state index is 12.4. The molecule has 0 fully saturated rings. The normalized spacial score (nSPS) is 11.0. The van der Waals surface area contributed by atoms with Gasteiger partial charge < -0.3 is 19.2 Å². The Morgan fingerprint density at radius 1 is 0.900 bits per heavy atom. The lowest BCUT2D eigenvalue weighted by Crippen LogP contribution is -2.19. The number of nitrogens with zero attached hydrogens (tertiary/aromatic N) is 1. The molecule has 0 radical (unpaired) electrons. The third kappa shape index (κ3) is 4.85. The Kier molecular flexibility index (Phi) is 6.49. The SMILES string of the molecule is COc1ccc(C(=O)N/N=C(\C)c2cccc(NC(=O)c3ccco3)c2)cc1OC. The zero-order valence-corrected chi connectivity index (χ0v) is 16.8. The standard InChI is InChI=1S/C22H21N3O5/c1-14(24-25-21(26)16-9-10-18(28-2)20(13-16)29-3)15-6-4-7-17(12-15)23-22(27)19-8-5-11-30-19/h4-13H,1-3H3,(H,23,27)(H,25,26)/b24-14+. The molecular weight excluding hydrogens is 386 g/mol. The second-order valence-corrected chi connectivity index (χ2v) is 6.22. The highest BCUT2D eigenvalue weighted by molar-refractivity contribution is 6.04. The van der Waals surface area contributed by atoms with Crippen molar-refractivity contribution in [2.45, 2.75) is 6.92 Å². The summed E-state index contributed by atoms with van der Waals surface area (Å²) in [5, 5.41) is 6.91. The van der Waals surface area contributed by atoms with Gasteiger partial charge in [0.2, 0.25) is 0 Å². The Morgan fingerprint density at radius 3 is 2.40 bits per heavy atom. The molecule has 0 aliphatic heterocycles. The molecule has 0 aliphatic rings. The first kappa shape index (κ1) is 20.7. The minimum atomic E-state index is -0.391. The molecule has 0 unspecified atom stereocenters. The summed E-state index contributed by atoms with van der Waals surface area (Å²) < 4.78 is 15.5. The van der Waals surface area contributed by atoms with Crippen LogP contribution in [0.15, 0.2) is 70.4 Å². The molecule has 0 saturated heterocycles. The average molecular weight is 407 g/mol. The molecule has 30 heavy (non-hydrogen) atoms. The van der Waals surface area contributed by atoms with E-state index < -0.39 is 5.91 Å². The number of carbonyl (C=O) groups excluding carboxylic acids is 2. The van der Waals surface area contributed by atoms with Gasteiger partial charge in [0.25, 0.3) is 11.8 Å². The van der Waals surface area contributed by atoms with Crippen molar-refractivity contribution >= 4 is 23.2 Å². The van der Waals surface area contributed by atoms with Crippen LogP contribution < -0.4 is 20.2 Å². The van der Waals surface area contributed by atoms with E-state index in [1.54, 1.807) is 55.5 Å². The summed E-state index contributed by atoms with van der Waals surface area (Å²) in [6.45, 7) is 1.75. The van der Waals surface area contributed by atoms with Gasteiger partial charge in [0.05, 0.1) is 26.2 Å². The predicted octanol–water partition coefficient (Wildman–Crippen LogP) is 3.70. The zero-order valence-electron chi connectivity index (χ0n) is 16.8. The molecule has 3 rings (SSSR count). The summed E-state index contributed by atoms with van der Waals surface area (Å²) in [6, 6.07) is 15.2. The Balaban J connectivity index is 1.69. The molecule has 8 nitrogen and oxygen atoms in total.